The summed E-state index contributed by atoms with van der Waals surface area (Å²) in [4.78, 5) is 0. The number of hydrogen-bond donors (Lipinski definition) is 0. The molecule has 0 spiro atoms. The van der Waals surface area contributed by atoms with Crippen LogP contribution in [0.5, 0.6) is 0 Å². The first-order chi connectivity index (χ1) is 13.8. The lowest BCUT2D eigenvalue weighted by Crippen LogP contribution is -1.95. The highest BCUT2D eigenvalue weighted by Gasteiger charge is 2.03. The van der Waals surface area contributed by atoms with Gasteiger partial charge in [0, 0.05) is 5.56 Å². The zero-order valence-corrected chi connectivity index (χ0v) is 18.3. The monoisotopic (exact) mass is 380 g/mol. The van der Waals surface area contributed by atoms with Crippen molar-refractivity contribution in [1.82, 2.24) is 10.2 Å². The smallest absolute Gasteiger partial charge is 0.0929 e. The average Bonchev–Trinajstić information content (AvgIpc) is 2.74. The van der Waals surface area contributed by atoms with Crippen molar-refractivity contribution >= 4 is 0 Å². The molecular weight excluding hydrogens is 340 g/mol. The number of rotatable bonds is 15. The molecule has 28 heavy (non-hydrogen) atoms. The molecule has 2 heteroatoms. The van der Waals surface area contributed by atoms with Crippen LogP contribution in [0, 0.1) is 0 Å². The lowest BCUT2D eigenvalue weighted by atomic mass is 10.0. The van der Waals surface area contributed by atoms with E-state index in [9.17, 15) is 0 Å². The van der Waals surface area contributed by atoms with E-state index in [4.69, 9.17) is 0 Å². The fourth-order valence-electron chi connectivity index (χ4n) is 3.69. The van der Waals surface area contributed by atoms with E-state index < -0.39 is 0 Å². The van der Waals surface area contributed by atoms with Crippen LogP contribution < -0.4 is 0 Å². The van der Waals surface area contributed by atoms with E-state index >= 15 is 0 Å². The summed E-state index contributed by atoms with van der Waals surface area (Å²) in [6, 6.07) is 13.2. The molecule has 154 valence electrons. The predicted molar refractivity (Wildman–Crippen MR) is 122 cm³/mol. The van der Waals surface area contributed by atoms with Crippen LogP contribution in [0.4, 0.5) is 0 Å². The van der Waals surface area contributed by atoms with E-state index in [1.54, 1.807) is 0 Å². The SMILES string of the molecule is CCCCCCCCc1ccc(-c2ccc(CCCCCCCC)nn2)cc1. The molecule has 0 amide bonds. The van der Waals surface area contributed by atoms with Crippen LogP contribution in [0.2, 0.25) is 0 Å². The minimum atomic E-state index is 0.984. The van der Waals surface area contributed by atoms with Crippen LogP contribution in [-0.2, 0) is 12.8 Å². The van der Waals surface area contributed by atoms with Gasteiger partial charge in [-0.1, -0.05) is 102 Å². The summed E-state index contributed by atoms with van der Waals surface area (Å²) in [5.74, 6) is 0. The Labute approximate surface area is 173 Å². The van der Waals surface area contributed by atoms with Crippen LogP contribution in [-0.4, -0.2) is 10.2 Å². The van der Waals surface area contributed by atoms with E-state index in [2.05, 4.69) is 60.4 Å². The van der Waals surface area contributed by atoms with Gasteiger partial charge in [0.2, 0.25) is 0 Å². The van der Waals surface area contributed by atoms with Gasteiger partial charge in [0.25, 0.3) is 0 Å². The van der Waals surface area contributed by atoms with Gasteiger partial charge in [0.05, 0.1) is 11.4 Å². The van der Waals surface area contributed by atoms with Crippen LogP contribution >= 0.6 is 0 Å². The number of aryl methyl sites for hydroxylation is 2. The van der Waals surface area contributed by atoms with Crippen LogP contribution in [0.3, 0.4) is 0 Å². The standard InChI is InChI=1S/C26H40N2/c1-3-5-7-9-11-13-15-23-17-19-24(20-18-23)26-22-21-25(27-28-26)16-14-12-10-8-6-4-2/h17-22H,3-16H2,1-2H3. The zero-order chi connectivity index (χ0) is 19.9. The topological polar surface area (TPSA) is 25.8 Å². The molecule has 0 N–H and O–H groups in total. The Morgan fingerprint density at radius 1 is 0.536 bits per heavy atom. The first-order valence-corrected chi connectivity index (χ1v) is 11.8. The molecule has 0 fully saturated rings. The minimum absolute atomic E-state index is 0.984. The molecule has 0 aliphatic carbocycles. The Balaban J connectivity index is 1.71. The molecule has 1 aromatic carbocycles. The predicted octanol–water partition coefficient (Wildman–Crippen LogP) is 7.95. The third-order valence-corrected chi connectivity index (χ3v) is 5.57. The first kappa shape index (κ1) is 22.6. The largest absolute Gasteiger partial charge is 0.155 e. The fourth-order valence-corrected chi connectivity index (χ4v) is 3.69. The number of benzene rings is 1. The summed E-state index contributed by atoms with van der Waals surface area (Å²) in [6.45, 7) is 4.54. The highest BCUT2D eigenvalue weighted by atomic mass is 15.1. The van der Waals surface area contributed by atoms with Crippen LogP contribution in [0.15, 0.2) is 36.4 Å². The van der Waals surface area contributed by atoms with E-state index in [1.807, 2.05) is 0 Å². The average molecular weight is 381 g/mol. The molecule has 0 radical (unpaired) electrons. The number of hydrogen-bond acceptors (Lipinski definition) is 2. The van der Waals surface area contributed by atoms with Gasteiger partial charge in [-0.05, 0) is 43.4 Å². The molecular formula is C26H40N2. The lowest BCUT2D eigenvalue weighted by molar-refractivity contribution is 0.603. The van der Waals surface area contributed by atoms with Crippen LogP contribution in [0.1, 0.15) is 102 Å². The zero-order valence-electron chi connectivity index (χ0n) is 18.3. The normalized spacial score (nSPS) is 11.1. The minimum Gasteiger partial charge on any atom is -0.155 e. The Kier molecular flexibility index (Phi) is 11.6. The highest BCUT2D eigenvalue weighted by molar-refractivity contribution is 5.58. The van der Waals surface area contributed by atoms with Gasteiger partial charge in [-0.3, -0.25) is 0 Å². The lowest BCUT2D eigenvalue weighted by Gasteiger charge is -2.05. The molecule has 2 rings (SSSR count). The number of nitrogens with zero attached hydrogens (tertiary/aromatic N) is 2. The van der Waals surface area contributed by atoms with Crippen molar-refractivity contribution in [3.05, 3.63) is 47.7 Å². The van der Waals surface area contributed by atoms with Gasteiger partial charge in [-0.2, -0.15) is 10.2 Å². The van der Waals surface area contributed by atoms with Crippen molar-refractivity contribution in [1.29, 1.82) is 0 Å². The van der Waals surface area contributed by atoms with Crippen molar-refractivity contribution in [2.75, 3.05) is 0 Å². The second-order valence-electron chi connectivity index (χ2n) is 8.14. The molecule has 2 nitrogen and oxygen atoms in total. The Hall–Kier alpha value is -1.70. The molecule has 2 aromatic rings. The first-order valence-electron chi connectivity index (χ1n) is 11.8. The maximum atomic E-state index is 4.46. The molecule has 0 saturated heterocycles. The van der Waals surface area contributed by atoms with Gasteiger partial charge >= 0.3 is 0 Å². The fraction of sp³-hybridized carbons (Fsp3) is 0.615. The summed E-state index contributed by atoms with van der Waals surface area (Å²) in [6.07, 6.45) is 18.3. The van der Waals surface area contributed by atoms with Gasteiger partial charge in [-0.15, -0.1) is 0 Å². The Bertz CT molecular complexity index is 558. The van der Waals surface area contributed by atoms with E-state index in [0.29, 0.717) is 0 Å². The van der Waals surface area contributed by atoms with E-state index in [0.717, 1.165) is 17.8 Å². The maximum Gasteiger partial charge on any atom is 0.0929 e. The van der Waals surface area contributed by atoms with Crippen molar-refractivity contribution < 1.29 is 0 Å². The van der Waals surface area contributed by atoms with Gasteiger partial charge in [-0.25, -0.2) is 0 Å². The molecule has 0 unspecified atom stereocenters. The second kappa shape index (κ2) is 14.3. The summed E-state index contributed by atoms with van der Waals surface area (Å²) < 4.78 is 0. The second-order valence-corrected chi connectivity index (χ2v) is 8.14. The maximum absolute atomic E-state index is 4.46. The molecule has 0 saturated carbocycles. The summed E-state index contributed by atoms with van der Waals surface area (Å²) in [7, 11) is 0. The number of unbranched alkanes of at least 4 members (excludes halogenated alkanes) is 10. The third-order valence-electron chi connectivity index (χ3n) is 5.57. The molecule has 0 aliphatic rings. The Morgan fingerprint density at radius 2 is 1.11 bits per heavy atom. The summed E-state index contributed by atoms with van der Waals surface area (Å²) >= 11 is 0. The van der Waals surface area contributed by atoms with Gasteiger partial charge in [0.15, 0.2) is 0 Å². The van der Waals surface area contributed by atoms with Crippen molar-refractivity contribution in [3.63, 3.8) is 0 Å². The van der Waals surface area contributed by atoms with Crippen molar-refractivity contribution in [3.8, 4) is 11.3 Å². The molecule has 0 aliphatic heterocycles. The Morgan fingerprint density at radius 3 is 1.68 bits per heavy atom. The summed E-state index contributed by atoms with van der Waals surface area (Å²) in [5, 5.41) is 8.91. The molecule has 1 aromatic heterocycles. The van der Waals surface area contributed by atoms with Crippen molar-refractivity contribution in [2.24, 2.45) is 0 Å². The quantitative estimate of drug-likeness (QED) is 0.293. The third kappa shape index (κ3) is 8.99. The van der Waals surface area contributed by atoms with E-state index in [-0.39, 0.29) is 0 Å². The summed E-state index contributed by atoms with van der Waals surface area (Å²) in [5.41, 5.74) is 4.72. The molecule has 0 bridgehead atoms. The van der Waals surface area contributed by atoms with Crippen LogP contribution in [0.25, 0.3) is 11.3 Å². The van der Waals surface area contributed by atoms with Crippen molar-refractivity contribution in [2.45, 2.75) is 104 Å². The molecule has 1 heterocycles. The van der Waals surface area contributed by atoms with E-state index in [1.165, 1.54) is 94.6 Å². The number of aromatic nitrogens is 2. The molecule has 0 atom stereocenters. The van der Waals surface area contributed by atoms with Gasteiger partial charge in [0.1, 0.15) is 0 Å². The van der Waals surface area contributed by atoms with Gasteiger partial charge < -0.3 is 0 Å². The highest BCUT2D eigenvalue weighted by Crippen LogP contribution is 2.19.